The molecule has 0 unspecified atom stereocenters. The normalized spacial score (nSPS) is 12.3. The second kappa shape index (κ2) is 5.09. The van der Waals surface area contributed by atoms with Gasteiger partial charge in [0, 0.05) is 24.1 Å². The van der Waals surface area contributed by atoms with Crippen LogP contribution in [0.15, 0.2) is 18.3 Å². The molecule has 1 heterocycles. The number of Topliss-reactive ketones (excluding diaryl/α,β-unsaturated/α-hetero) is 1. The van der Waals surface area contributed by atoms with E-state index in [1.807, 2.05) is 53.7 Å². The van der Waals surface area contributed by atoms with Crippen LogP contribution in [0, 0.1) is 5.41 Å². The van der Waals surface area contributed by atoms with Gasteiger partial charge in [-0.2, -0.15) is 0 Å². The van der Waals surface area contributed by atoms with E-state index in [4.69, 9.17) is 4.74 Å². The quantitative estimate of drug-likeness (QED) is 0.824. The monoisotopic (exact) mass is 249 g/mol. The maximum absolute atomic E-state index is 11.9. The molecule has 0 fully saturated rings. The van der Waals surface area contributed by atoms with Gasteiger partial charge in [0.2, 0.25) is 0 Å². The molecule has 0 saturated carbocycles. The standard InChI is InChI=1S/C15H23NO2/c1-14(2,3)13(17)10-11-9-12(7-8-16-11)18-15(4,5)6/h7-9H,10H2,1-6H3. The summed E-state index contributed by atoms with van der Waals surface area (Å²) >= 11 is 0. The summed E-state index contributed by atoms with van der Waals surface area (Å²) in [6.45, 7) is 11.7. The Hall–Kier alpha value is -1.38. The summed E-state index contributed by atoms with van der Waals surface area (Å²) in [6.07, 6.45) is 2.04. The van der Waals surface area contributed by atoms with Crippen LogP contribution in [0.1, 0.15) is 47.2 Å². The lowest BCUT2D eigenvalue weighted by atomic mass is 9.88. The van der Waals surface area contributed by atoms with Gasteiger partial charge < -0.3 is 4.74 Å². The summed E-state index contributed by atoms with van der Waals surface area (Å²) in [5.74, 6) is 0.942. The molecule has 1 aromatic rings. The summed E-state index contributed by atoms with van der Waals surface area (Å²) in [5, 5.41) is 0. The van der Waals surface area contributed by atoms with E-state index in [1.165, 1.54) is 0 Å². The van der Waals surface area contributed by atoms with Crippen LogP contribution < -0.4 is 4.74 Å². The molecule has 0 radical (unpaired) electrons. The SMILES string of the molecule is CC(C)(C)Oc1ccnc(CC(=O)C(C)(C)C)c1. The molecule has 0 saturated heterocycles. The van der Waals surface area contributed by atoms with Crippen molar-refractivity contribution in [2.24, 2.45) is 5.41 Å². The van der Waals surface area contributed by atoms with Gasteiger partial charge >= 0.3 is 0 Å². The Kier molecular flexibility index (Phi) is 4.15. The van der Waals surface area contributed by atoms with Crippen LogP contribution in [0.3, 0.4) is 0 Å². The molecule has 0 aliphatic heterocycles. The van der Waals surface area contributed by atoms with Crippen molar-refractivity contribution in [1.29, 1.82) is 0 Å². The average Bonchev–Trinajstić information content (AvgIpc) is 2.13. The number of nitrogens with zero attached hydrogens (tertiary/aromatic N) is 1. The third-order valence-electron chi connectivity index (χ3n) is 2.39. The number of hydrogen-bond acceptors (Lipinski definition) is 3. The first kappa shape index (κ1) is 14.7. The molecule has 1 rings (SSSR count). The van der Waals surface area contributed by atoms with Gasteiger partial charge in [-0.3, -0.25) is 9.78 Å². The third kappa shape index (κ3) is 4.86. The Morgan fingerprint density at radius 1 is 1.22 bits per heavy atom. The smallest absolute Gasteiger partial charge is 0.144 e. The number of aromatic nitrogens is 1. The predicted octanol–water partition coefficient (Wildman–Crippen LogP) is 3.42. The topological polar surface area (TPSA) is 39.2 Å². The first-order valence-electron chi connectivity index (χ1n) is 6.25. The lowest BCUT2D eigenvalue weighted by Gasteiger charge is -2.21. The first-order valence-corrected chi connectivity index (χ1v) is 6.25. The number of pyridine rings is 1. The minimum atomic E-state index is -0.331. The summed E-state index contributed by atoms with van der Waals surface area (Å²) in [6, 6.07) is 3.66. The largest absolute Gasteiger partial charge is 0.488 e. The Morgan fingerprint density at radius 3 is 2.33 bits per heavy atom. The van der Waals surface area contributed by atoms with Gasteiger partial charge in [-0.25, -0.2) is 0 Å². The van der Waals surface area contributed by atoms with Gasteiger partial charge in [0.05, 0.1) is 5.69 Å². The summed E-state index contributed by atoms with van der Waals surface area (Å²) in [4.78, 5) is 16.2. The molecule has 3 heteroatoms. The zero-order valence-corrected chi connectivity index (χ0v) is 12.2. The van der Waals surface area contributed by atoms with Crippen molar-refractivity contribution >= 4 is 5.78 Å². The van der Waals surface area contributed by atoms with E-state index in [0.29, 0.717) is 6.42 Å². The van der Waals surface area contributed by atoms with E-state index in [1.54, 1.807) is 6.20 Å². The van der Waals surface area contributed by atoms with Crippen LogP contribution in [0.5, 0.6) is 5.75 Å². The molecule has 0 aliphatic rings. The van der Waals surface area contributed by atoms with E-state index in [2.05, 4.69) is 4.98 Å². The minimum Gasteiger partial charge on any atom is -0.488 e. The van der Waals surface area contributed by atoms with Gasteiger partial charge in [0.1, 0.15) is 17.1 Å². The van der Waals surface area contributed by atoms with Crippen molar-refractivity contribution in [3.63, 3.8) is 0 Å². The Bertz CT molecular complexity index is 425. The molecule has 0 spiro atoms. The van der Waals surface area contributed by atoms with Gasteiger partial charge in [0.25, 0.3) is 0 Å². The number of carbonyl (C=O) groups excluding carboxylic acids is 1. The highest BCUT2D eigenvalue weighted by atomic mass is 16.5. The fourth-order valence-corrected chi connectivity index (χ4v) is 1.40. The van der Waals surface area contributed by atoms with Crippen molar-refractivity contribution in [3.05, 3.63) is 24.0 Å². The zero-order chi connectivity index (χ0) is 14.0. The van der Waals surface area contributed by atoms with Crippen LogP contribution in [-0.4, -0.2) is 16.4 Å². The van der Waals surface area contributed by atoms with Crippen LogP contribution >= 0.6 is 0 Å². The molecule has 0 aliphatic carbocycles. The number of ketones is 1. The van der Waals surface area contributed by atoms with Crippen molar-refractivity contribution < 1.29 is 9.53 Å². The van der Waals surface area contributed by atoms with E-state index < -0.39 is 0 Å². The van der Waals surface area contributed by atoms with Crippen molar-refractivity contribution in [2.75, 3.05) is 0 Å². The van der Waals surface area contributed by atoms with E-state index >= 15 is 0 Å². The molecule has 0 amide bonds. The van der Waals surface area contributed by atoms with Crippen molar-refractivity contribution in [1.82, 2.24) is 4.98 Å². The van der Waals surface area contributed by atoms with Crippen molar-refractivity contribution in [3.8, 4) is 5.75 Å². The van der Waals surface area contributed by atoms with E-state index in [9.17, 15) is 4.79 Å². The second-order valence-electron chi connectivity index (χ2n) is 6.55. The fraction of sp³-hybridized carbons (Fsp3) is 0.600. The van der Waals surface area contributed by atoms with E-state index in [-0.39, 0.29) is 16.8 Å². The Morgan fingerprint density at radius 2 is 1.83 bits per heavy atom. The maximum Gasteiger partial charge on any atom is 0.144 e. The lowest BCUT2D eigenvalue weighted by molar-refractivity contribution is -0.125. The van der Waals surface area contributed by atoms with Crippen LogP contribution in [0.25, 0.3) is 0 Å². The molecule has 18 heavy (non-hydrogen) atoms. The molecule has 0 aromatic carbocycles. The molecule has 3 nitrogen and oxygen atoms in total. The second-order valence-corrected chi connectivity index (χ2v) is 6.55. The van der Waals surface area contributed by atoms with Gasteiger partial charge in [-0.05, 0) is 26.8 Å². The highest BCUT2D eigenvalue weighted by Gasteiger charge is 2.22. The lowest BCUT2D eigenvalue weighted by Crippen LogP contribution is -2.24. The van der Waals surface area contributed by atoms with Crippen LogP contribution in [0.4, 0.5) is 0 Å². The van der Waals surface area contributed by atoms with Gasteiger partial charge in [-0.15, -0.1) is 0 Å². The number of hydrogen-bond donors (Lipinski definition) is 0. The third-order valence-corrected chi connectivity index (χ3v) is 2.39. The predicted molar refractivity (Wildman–Crippen MR) is 72.8 cm³/mol. The highest BCUT2D eigenvalue weighted by Crippen LogP contribution is 2.21. The molecule has 0 atom stereocenters. The molecule has 0 N–H and O–H groups in total. The zero-order valence-electron chi connectivity index (χ0n) is 12.2. The molecule has 1 aromatic heterocycles. The maximum atomic E-state index is 11.9. The minimum absolute atomic E-state index is 0.183. The summed E-state index contributed by atoms with van der Waals surface area (Å²) < 4.78 is 5.76. The van der Waals surface area contributed by atoms with Crippen molar-refractivity contribution in [2.45, 2.75) is 53.6 Å². The fourth-order valence-electron chi connectivity index (χ4n) is 1.40. The molecular weight excluding hydrogens is 226 g/mol. The average molecular weight is 249 g/mol. The highest BCUT2D eigenvalue weighted by molar-refractivity contribution is 5.85. The van der Waals surface area contributed by atoms with E-state index in [0.717, 1.165) is 11.4 Å². The number of carbonyl (C=O) groups is 1. The van der Waals surface area contributed by atoms with Crippen LogP contribution in [-0.2, 0) is 11.2 Å². The molecule has 100 valence electrons. The molecule has 0 bridgehead atoms. The summed E-state index contributed by atoms with van der Waals surface area (Å²) in [7, 11) is 0. The molecular formula is C15H23NO2. The summed E-state index contributed by atoms with van der Waals surface area (Å²) in [5.41, 5.74) is 0.187. The Labute approximate surface area is 110 Å². The first-order chi connectivity index (χ1) is 8.08. The van der Waals surface area contributed by atoms with Gasteiger partial charge in [0.15, 0.2) is 0 Å². The van der Waals surface area contributed by atoms with Crippen LogP contribution in [0.2, 0.25) is 0 Å². The number of rotatable bonds is 3. The Balaban J connectivity index is 2.80. The van der Waals surface area contributed by atoms with Gasteiger partial charge in [-0.1, -0.05) is 20.8 Å². The number of ether oxygens (including phenoxy) is 1.